The number of hydrogen-bond acceptors (Lipinski definition) is 6. The summed E-state index contributed by atoms with van der Waals surface area (Å²) in [4.78, 5) is 0.0955. The smallest absolute Gasteiger partial charge is 0.243 e. The lowest BCUT2D eigenvalue weighted by atomic mass is 10.3. The summed E-state index contributed by atoms with van der Waals surface area (Å²) in [5, 5.41) is 8.65. The van der Waals surface area contributed by atoms with Gasteiger partial charge in [-0.05, 0) is 24.3 Å². The van der Waals surface area contributed by atoms with Gasteiger partial charge in [0.25, 0.3) is 0 Å². The number of ether oxygens (including phenoxy) is 1. The quantitative estimate of drug-likeness (QED) is 0.777. The molecule has 0 spiro atoms. The van der Waals surface area contributed by atoms with Crippen LogP contribution in [0.25, 0.3) is 0 Å². The van der Waals surface area contributed by atoms with Crippen molar-refractivity contribution in [2.24, 2.45) is 0 Å². The highest BCUT2D eigenvalue weighted by Gasteiger charge is 2.31. The average Bonchev–Trinajstić information content (AvgIpc) is 2.45. The molecule has 0 bridgehead atoms. The Balaban J connectivity index is 2.12. The highest BCUT2D eigenvalue weighted by Crippen LogP contribution is 2.21. The molecule has 1 aromatic carbocycles. The predicted octanol–water partition coefficient (Wildman–Crippen LogP) is -0.523. The van der Waals surface area contributed by atoms with Crippen LogP contribution in [0, 0.1) is 0 Å². The third-order valence-corrected chi connectivity index (χ3v) is 6.65. The van der Waals surface area contributed by atoms with E-state index in [9.17, 15) is 16.8 Å². The number of hydrogen-bond donors (Lipinski definition) is 1. The molecule has 0 amide bonds. The zero-order valence-corrected chi connectivity index (χ0v) is 12.9. The molecular weight excluding hydrogens is 318 g/mol. The van der Waals surface area contributed by atoms with Gasteiger partial charge in [-0.3, -0.25) is 0 Å². The van der Waals surface area contributed by atoms with Crippen molar-refractivity contribution < 1.29 is 26.7 Å². The standard InChI is InChI=1S/C12H17NO6S2/c14-7-8-19-11-1-3-12(4-2-11)21(17,18)13-5-9-20(15,16)10-6-13/h1-4,14H,5-10H2. The van der Waals surface area contributed by atoms with Gasteiger partial charge in [0.2, 0.25) is 10.0 Å². The summed E-state index contributed by atoms with van der Waals surface area (Å²) >= 11 is 0. The SMILES string of the molecule is O=S1(=O)CCN(S(=O)(=O)c2ccc(OCCO)cc2)CC1. The van der Waals surface area contributed by atoms with Crippen LogP contribution < -0.4 is 4.74 Å². The molecular formula is C12H17NO6S2. The summed E-state index contributed by atoms with van der Waals surface area (Å²) < 4.78 is 53.8. The first-order chi connectivity index (χ1) is 9.85. The Morgan fingerprint density at radius 3 is 2.24 bits per heavy atom. The minimum Gasteiger partial charge on any atom is -0.491 e. The van der Waals surface area contributed by atoms with Gasteiger partial charge < -0.3 is 9.84 Å². The van der Waals surface area contributed by atoms with Crippen molar-refractivity contribution in [1.82, 2.24) is 4.31 Å². The molecule has 2 rings (SSSR count). The molecule has 0 saturated carbocycles. The van der Waals surface area contributed by atoms with Crippen LogP contribution in [0.3, 0.4) is 0 Å². The number of rotatable bonds is 5. The van der Waals surface area contributed by atoms with Crippen LogP contribution >= 0.6 is 0 Å². The Morgan fingerprint density at radius 1 is 1.14 bits per heavy atom. The number of sulfone groups is 1. The Labute approximate surface area is 124 Å². The molecule has 0 radical (unpaired) electrons. The molecule has 1 heterocycles. The highest BCUT2D eigenvalue weighted by atomic mass is 32.2. The van der Waals surface area contributed by atoms with Crippen LogP contribution in [0.5, 0.6) is 5.75 Å². The van der Waals surface area contributed by atoms with Crippen LogP contribution in [-0.2, 0) is 19.9 Å². The van der Waals surface area contributed by atoms with E-state index >= 15 is 0 Å². The van der Waals surface area contributed by atoms with Gasteiger partial charge in [-0.2, -0.15) is 4.31 Å². The normalized spacial score (nSPS) is 19.3. The Morgan fingerprint density at radius 2 is 1.71 bits per heavy atom. The second-order valence-corrected chi connectivity index (χ2v) is 8.84. The maximum atomic E-state index is 12.4. The summed E-state index contributed by atoms with van der Waals surface area (Å²) in [7, 11) is -6.81. The molecule has 1 aromatic rings. The van der Waals surface area contributed by atoms with Crippen molar-refractivity contribution in [1.29, 1.82) is 0 Å². The minimum absolute atomic E-state index is 0.0204. The van der Waals surface area contributed by atoms with Gasteiger partial charge >= 0.3 is 0 Å². The summed E-state index contributed by atoms with van der Waals surface area (Å²) in [6.07, 6.45) is 0. The van der Waals surface area contributed by atoms with Crippen molar-refractivity contribution in [2.75, 3.05) is 37.8 Å². The van der Waals surface area contributed by atoms with Gasteiger partial charge in [-0.1, -0.05) is 0 Å². The van der Waals surface area contributed by atoms with E-state index in [0.717, 1.165) is 0 Å². The first kappa shape index (κ1) is 16.2. The van der Waals surface area contributed by atoms with Crippen molar-refractivity contribution in [3.05, 3.63) is 24.3 Å². The third-order valence-electron chi connectivity index (χ3n) is 3.12. The summed E-state index contributed by atoms with van der Waals surface area (Å²) in [6.45, 7) is -0.0285. The van der Waals surface area contributed by atoms with Crippen molar-refractivity contribution in [3.8, 4) is 5.75 Å². The topological polar surface area (TPSA) is 101 Å². The van der Waals surface area contributed by atoms with Gasteiger partial charge in [-0.15, -0.1) is 0 Å². The summed E-state index contributed by atoms with van der Waals surface area (Å²) in [5.41, 5.74) is 0. The van der Waals surface area contributed by atoms with E-state index in [2.05, 4.69) is 0 Å². The molecule has 9 heteroatoms. The van der Waals surface area contributed by atoms with Gasteiger partial charge in [0.15, 0.2) is 9.84 Å². The monoisotopic (exact) mass is 335 g/mol. The van der Waals surface area contributed by atoms with Gasteiger partial charge in [-0.25, -0.2) is 16.8 Å². The fourth-order valence-corrected chi connectivity index (χ4v) is 4.83. The van der Waals surface area contributed by atoms with Crippen LogP contribution in [0.1, 0.15) is 0 Å². The number of aliphatic hydroxyl groups is 1. The Hall–Kier alpha value is -1.16. The largest absolute Gasteiger partial charge is 0.491 e. The average molecular weight is 335 g/mol. The van der Waals surface area contributed by atoms with E-state index in [4.69, 9.17) is 9.84 Å². The molecule has 0 unspecified atom stereocenters. The van der Waals surface area contributed by atoms with Crippen LogP contribution in [-0.4, -0.2) is 64.1 Å². The highest BCUT2D eigenvalue weighted by molar-refractivity contribution is 7.92. The molecule has 1 aliphatic rings. The maximum Gasteiger partial charge on any atom is 0.243 e. The molecule has 1 fully saturated rings. The van der Waals surface area contributed by atoms with Gasteiger partial charge in [0.1, 0.15) is 12.4 Å². The van der Waals surface area contributed by atoms with E-state index in [-0.39, 0.29) is 42.7 Å². The zero-order chi connectivity index (χ0) is 15.5. The molecule has 7 nitrogen and oxygen atoms in total. The molecule has 1 saturated heterocycles. The van der Waals surface area contributed by atoms with Crippen LogP contribution in [0.2, 0.25) is 0 Å². The van der Waals surface area contributed by atoms with Crippen molar-refractivity contribution in [2.45, 2.75) is 4.90 Å². The lowest BCUT2D eigenvalue weighted by Gasteiger charge is -2.25. The summed E-state index contributed by atoms with van der Waals surface area (Å²) in [5.74, 6) is 0.164. The zero-order valence-electron chi connectivity index (χ0n) is 11.3. The number of nitrogens with zero attached hydrogens (tertiary/aromatic N) is 1. The third kappa shape index (κ3) is 3.94. The summed E-state index contributed by atoms with van der Waals surface area (Å²) in [6, 6.07) is 5.82. The minimum atomic E-state index is -3.69. The molecule has 0 aliphatic carbocycles. The molecule has 0 aromatic heterocycles. The lowest BCUT2D eigenvalue weighted by Crippen LogP contribution is -2.43. The Bertz CT molecular complexity index is 667. The van der Waals surface area contributed by atoms with Crippen LogP contribution in [0.15, 0.2) is 29.2 Å². The Kier molecular flexibility index (Phi) is 4.87. The fraction of sp³-hybridized carbons (Fsp3) is 0.500. The first-order valence-corrected chi connectivity index (χ1v) is 9.65. The van der Waals surface area contributed by atoms with Gasteiger partial charge in [0, 0.05) is 13.1 Å². The van der Waals surface area contributed by atoms with E-state index in [1.54, 1.807) is 0 Å². The predicted molar refractivity (Wildman–Crippen MR) is 76.4 cm³/mol. The van der Waals surface area contributed by atoms with E-state index in [0.29, 0.717) is 5.75 Å². The molecule has 0 atom stereocenters. The van der Waals surface area contributed by atoms with Crippen molar-refractivity contribution in [3.63, 3.8) is 0 Å². The second-order valence-electron chi connectivity index (χ2n) is 4.60. The van der Waals surface area contributed by atoms with Crippen LogP contribution in [0.4, 0.5) is 0 Å². The molecule has 1 aliphatic heterocycles. The molecule has 118 valence electrons. The number of benzene rings is 1. The number of aliphatic hydroxyl groups excluding tert-OH is 1. The first-order valence-electron chi connectivity index (χ1n) is 6.39. The number of sulfonamides is 1. The molecule has 1 N–H and O–H groups in total. The lowest BCUT2D eigenvalue weighted by molar-refractivity contribution is 0.201. The van der Waals surface area contributed by atoms with E-state index in [1.165, 1.54) is 28.6 Å². The fourth-order valence-electron chi connectivity index (χ4n) is 1.96. The molecule has 21 heavy (non-hydrogen) atoms. The van der Waals surface area contributed by atoms with E-state index in [1.807, 2.05) is 0 Å². The van der Waals surface area contributed by atoms with Gasteiger partial charge in [0.05, 0.1) is 23.0 Å². The van der Waals surface area contributed by atoms with E-state index < -0.39 is 19.9 Å². The van der Waals surface area contributed by atoms with Crippen molar-refractivity contribution >= 4 is 19.9 Å². The second kappa shape index (κ2) is 6.30. The maximum absolute atomic E-state index is 12.4.